The van der Waals surface area contributed by atoms with Crippen LogP contribution in [0.3, 0.4) is 0 Å². The maximum absolute atomic E-state index is 0. The molecule has 0 amide bonds. The SMILES string of the molecule is F.F.F.F.P.P. The molecule has 0 radical (unpaired) electrons. The van der Waals surface area contributed by atoms with Gasteiger partial charge in [-0.2, -0.15) is 19.8 Å². The Morgan fingerprint density at radius 2 is 0.333 bits per heavy atom. The lowest BCUT2D eigenvalue weighted by molar-refractivity contribution is 1.11. The quantitative estimate of drug-likeness (QED) is 0.351. The van der Waals surface area contributed by atoms with Crippen LogP contribution in [0.2, 0.25) is 0 Å². The van der Waals surface area contributed by atoms with Crippen LogP contribution >= 0.6 is 19.8 Å². The Hall–Kier alpha value is 0.580. The van der Waals surface area contributed by atoms with Crippen LogP contribution in [0, 0.1) is 0 Å². The van der Waals surface area contributed by atoms with E-state index in [0.717, 1.165) is 0 Å². The summed E-state index contributed by atoms with van der Waals surface area (Å²) in [6.07, 6.45) is 0. The Labute approximate surface area is 39.8 Å². The van der Waals surface area contributed by atoms with Gasteiger partial charge in [0.15, 0.2) is 0 Å². The van der Waals surface area contributed by atoms with Crippen LogP contribution < -0.4 is 0 Å². The third-order valence-electron chi connectivity index (χ3n) is 0. The summed E-state index contributed by atoms with van der Waals surface area (Å²) in [5.41, 5.74) is 0. The molecule has 0 rings (SSSR count). The van der Waals surface area contributed by atoms with Gasteiger partial charge in [0.05, 0.1) is 0 Å². The predicted octanol–water partition coefficient (Wildman–Crippen LogP) is 0.726. The molecule has 0 bridgehead atoms. The molecule has 6 heteroatoms. The summed E-state index contributed by atoms with van der Waals surface area (Å²) in [5.74, 6) is 0. The third kappa shape index (κ3) is 174. The fourth-order valence-corrected chi connectivity index (χ4v) is 0. The van der Waals surface area contributed by atoms with Crippen LogP contribution in [0.15, 0.2) is 0 Å². The molecule has 0 N–H and O–H groups in total. The standard InChI is InChI=1S/4FH.2H3P/h4*1H;2*1H3. The van der Waals surface area contributed by atoms with E-state index in [1.165, 1.54) is 0 Å². The van der Waals surface area contributed by atoms with Crippen molar-refractivity contribution in [2.45, 2.75) is 0 Å². The predicted molar refractivity (Wildman–Crippen MR) is 32.2 cm³/mol. The van der Waals surface area contributed by atoms with E-state index in [1.807, 2.05) is 0 Å². The highest BCUT2D eigenvalue weighted by molar-refractivity contribution is 6.92. The van der Waals surface area contributed by atoms with Crippen LogP contribution in [0.1, 0.15) is 0 Å². The monoisotopic (exact) mass is 148 g/mol. The zero-order chi connectivity index (χ0) is 0. The summed E-state index contributed by atoms with van der Waals surface area (Å²) in [4.78, 5) is 0. The molecule has 2 unspecified atom stereocenters. The molecule has 0 nitrogen and oxygen atoms in total. The van der Waals surface area contributed by atoms with Crippen molar-refractivity contribution in [2.75, 3.05) is 0 Å². The molecule has 0 aromatic heterocycles. The van der Waals surface area contributed by atoms with Gasteiger partial charge in [-0.25, -0.2) is 0 Å². The number of hydrogen-bond donors (Lipinski definition) is 0. The van der Waals surface area contributed by atoms with Crippen molar-refractivity contribution in [3.8, 4) is 0 Å². The van der Waals surface area contributed by atoms with Gasteiger partial charge in [0, 0.05) is 0 Å². The Morgan fingerprint density at radius 3 is 0.333 bits per heavy atom. The first-order chi connectivity index (χ1) is 0. The molecule has 0 heterocycles. The molecule has 0 aliphatic carbocycles. The zero-order valence-corrected chi connectivity index (χ0v) is 5.88. The summed E-state index contributed by atoms with van der Waals surface area (Å²) >= 11 is 0. The van der Waals surface area contributed by atoms with Gasteiger partial charge in [-0.05, 0) is 0 Å². The lowest BCUT2D eigenvalue weighted by Crippen LogP contribution is 0.419. The van der Waals surface area contributed by atoms with Crippen LogP contribution in [0.4, 0.5) is 18.8 Å². The average molecular weight is 148 g/mol. The number of hydrogen-bond acceptors (Lipinski definition) is 0. The van der Waals surface area contributed by atoms with Crippen molar-refractivity contribution < 1.29 is 18.8 Å². The largest absolute Gasteiger partial charge is 0.269 e. The van der Waals surface area contributed by atoms with Crippen LogP contribution in [0.25, 0.3) is 0 Å². The van der Waals surface area contributed by atoms with E-state index in [0.29, 0.717) is 0 Å². The molecule has 0 saturated heterocycles. The zero-order valence-electron chi connectivity index (χ0n) is 3.05. The minimum atomic E-state index is 0. The van der Waals surface area contributed by atoms with Gasteiger partial charge in [0.2, 0.25) is 0 Å². The Bertz CT molecular complexity index is 5.51. The second-order valence-corrected chi connectivity index (χ2v) is 0. The van der Waals surface area contributed by atoms with Gasteiger partial charge >= 0.3 is 0 Å². The Kier molecular flexibility index (Phi) is 35300. The summed E-state index contributed by atoms with van der Waals surface area (Å²) in [6.45, 7) is 0. The molecular formula is H10F4P2. The molecule has 48 valence electrons. The van der Waals surface area contributed by atoms with Gasteiger partial charge in [-0.15, -0.1) is 0 Å². The maximum atomic E-state index is 0. The molecule has 0 aromatic rings. The van der Waals surface area contributed by atoms with E-state index in [9.17, 15) is 0 Å². The fourth-order valence-electron chi connectivity index (χ4n) is 0. The van der Waals surface area contributed by atoms with E-state index in [2.05, 4.69) is 0 Å². The van der Waals surface area contributed by atoms with E-state index < -0.39 is 0 Å². The average Bonchev–Trinajstić information content (AvgIpc) is 0. The number of rotatable bonds is 0. The summed E-state index contributed by atoms with van der Waals surface area (Å²) in [7, 11) is 0. The molecule has 0 saturated carbocycles. The second-order valence-electron chi connectivity index (χ2n) is 0. The van der Waals surface area contributed by atoms with Gasteiger partial charge < -0.3 is 0 Å². The maximum Gasteiger partial charge on any atom is -0.153 e. The number of halogens is 4. The fraction of sp³-hybridized carbons (Fsp3) is 0. The van der Waals surface area contributed by atoms with Crippen LogP contribution in [-0.4, -0.2) is 0 Å². The molecule has 0 fully saturated rings. The van der Waals surface area contributed by atoms with E-state index in [-0.39, 0.29) is 38.6 Å². The minimum absolute atomic E-state index is 0. The van der Waals surface area contributed by atoms with E-state index in [4.69, 9.17) is 0 Å². The summed E-state index contributed by atoms with van der Waals surface area (Å²) in [6, 6.07) is 0. The summed E-state index contributed by atoms with van der Waals surface area (Å²) < 4.78 is 0. The van der Waals surface area contributed by atoms with Crippen molar-refractivity contribution in [1.29, 1.82) is 0 Å². The Balaban J connectivity index is 0. The lowest BCUT2D eigenvalue weighted by atomic mass is 19.0. The highest BCUT2D eigenvalue weighted by Crippen LogP contribution is 0.862. The van der Waals surface area contributed by atoms with E-state index >= 15 is 0 Å². The lowest BCUT2D eigenvalue weighted by Gasteiger charge is -0.270. The molecule has 0 aromatic carbocycles. The van der Waals surface area contributed by atoms with Gasteiger partial charge in [0.25, 0.3) is 0 Å². The normalized spacial score (nSPS) is 0. The molecular weight excluding hydrogens is 138 g/mol. The van der Waals surface area contributed by atoms with Crippen molar-refractivity contribution in [3.63, 3.8) is 0 Å². The van der Waals surface area contributed by atoms with Gasteiger partial charge in [-0.3, -0.25) is 18.8 Å². The second kappa shape index (κ2) is 348. The molecule has 0 aliphatic rings. The first-order valence-electron chi connectivity index (χ1n) is 0. The molecule has 0 spiro atoms. The minimum Gasteiger partial charge on any atom is -0.269 e. The highest BCUT2D eigenvalue weighted by Gasteiger charge is -0.152. The van der Waals surface area contributed by atoms with Crippen LogP contribution in [-0.2, 0) is 0 Å². The van der Waals surface area contributed by atoms with Crippen molar-refractivity contribution in [1.82, 2.24) is 0 Å². The first kappa shape index (κ1) is 609. The van der Waals surface area contributed by atoms with Gasteiger partial charge in [-0.1, -0.05) is 0 Å². The third-order valence-corrected chi connectivity index (χ3v) is 0. The van der Waals surface area contributed by atoms with Crippen LogP contribution in [0.5, 0.6) is 0 Å². The molecule has 0 aliphatic heterocycles. The Morgan fingerprint density at radius 1 is 0.333 bits per heavy atom. The van der Waals surface area contributed by atoms with Crippen molar-refractivity contribution in [2.24, 2.45) is 0 Å². The van der Waals surface area contributed by atoms with Crippen molar-refractivity contribution in [3.05, 3.63) is 0 Å². The molecule has 2 atom stereocenters. The van der Waals surface area contributed by atoms with E-state index in [1.54, 1.807) is 0 Å². The molecule has 6 heavy (non-hydrogen) atoms. The van der Waals surface area contributed by atoms with Gasteiger partial charge in [0.1, 0.15) is 0 Å². The summed E-state index contributed by atoms with van der Waals surface area (Å²) in [5, 5.41) is 0. The smallest absolute Gasteiger partial charge is 0.153 e. The topological polar surface area (TPSA) is 0 Å². The highest BCUT2D eigenvalue weighted by atomic mass is 31.0. The first-order valence-corrected chi connectivity index (χ1v) is 0. The van der Waals surface area contributed by atoms with Crippen molar-refractivity contribution >= 4 is 19.8 Å².